The van der Waals surface area contributed by atoms with Crippen molar-refractivity contribution in [2.45, 2.75) is 25.8 Å². The first-order chi connectivity index (χ1) is 16.0. The Hall–Kier alpha value is -3.96. The molecule has 8 heteroatoms. The molecule has 1 saturated heterocycles. The molecule has 7 nitrogen and oxygen atoms in total. The largest absolute Gasteiger partial charge is 0.508 e. The van der Waals surface area contributed by atoms with Crippen LogP contribution in [0.1, 0.15) is 24.0 Å². The molecule has 2 aromatic carbocycles. The molecule has 2 aromatic heterocycles. The summed E-state index contributed by atoms with van der Waals surface area (Å²) in [4.78, 5) is 7.17. The van der Waals surface area contributed by atoms with Crippen LogP contribution >= 0.6 is 0 Å². The number of nitrogens with zero attached hydrogens (tertiary/aromatic N) is 4. The molecule has 3 heterocycles. The highest BCUT2D eigenvalue weighted by Crippen LogP contribution is 2.41. The van der Waals surface area contributed by atoms with E-state index in [0.717, 1.165) is 59.3 Å². The number of nitriles is 1. The van der Waals surface area contributed by atoms with E-state index >= 15 is 0 Å². The Bertz CT molecular complexity index is 1400. The van der Waals surface area contributed by atoms with Crippen LogP contribution < -0.4 is 10.6 Å². The number of rotatable bonds is 3. The van der Waals surface area contributed by atoms with Gasteiger partial charge in [-0.1, -0.05) is 18.2 Å². The Morgan fingerprint density at radius 1 is 1.18 bits per heavy atom. The van der Waals surface area contributed by atoms with Gasteiger partial charge in [-0.15, -0.1) is 0 Å². The van der Waals surface area contributed by atoms with Crippen LogP contribution in [-0.2, 0) is 0 Å². The van der Waals surface area contributed by atoms with Crippen molar-refractivity contribution in [1.29, 1.82) is 5.26 Å². The number of aromatic amines is 1. The number of nitrogens with one attached hydrogen (secondary N) is 1. The summed E-state index contributed by atoms with van der Waals surface area (Å²) in [7, 11) is 0. The fourth-order valence-electron chi connectivity index (χ4n) is 4.35. The van der Waals surface area contributed by atoms with Crippen LogP contribution in [0.25, 0.3) is 33.3 Å². The molecule has 0 saturated carbocycles. The second kappa shape index (κ2) is 8.19. The number of hydrogen-bond donors (Lipinski definition) is 3. The highest BCUT2D eigenvalue weighted by Gasteiger charge is 2.25. The number of aryl methyl sites for hydroxylation is 1. The van der Waals surface area contributed by atoms with Gasteiger partial charge in [0.15, 0.2) is 5.82 Å². The van der Waals surface area contributed by atoms with Gasteiger partial charge in [-0.25, -0.2) is 9.37 Å². The van der Waals surface area contributed by atoms with Crippen molar-refractivity contribution in [3.63, 3.8) is 0 Å². The first-order valence-corrected chi connectivity index (χ1v) is 10.8. The number of piperidine rings is 1. The number of nitrogens with two attached hydrogens (primary N) is 1. The third kappa shape index (κ3) is 3.66. The van der Waals surface area contributed by atoms with E-state index in [1.807, 2.05) is 25.1 Å². The second-order valence-electron chi connectivity index (χ2n) is 8.45. The summed E-state index contributed by atoms with van der Waals surface area (Å²) >= 11 is 0. The van der Waals surface area contributed by atoms with Gasteiger partial charge in [0.1, 0.15) is 23.2 Å². The Morgan fingerprint density at radius 3 is 2.64 bits per heavy atom. The van der Waals surface area contributed by atoms with Gasteiger partial charge >= 0.3 is 0 Å². The van der Waals surface area contributed by atoms with Crippen molar-refractivity contribution in [2.75, 3.05) is 18.0 Å². The second-order valence-corrected chi connectivity index (χ2v) is 8.45. The molecule has 0 spiro atoms. The molecule has 4 N–H and O–H groups in total. The van der Waals surface area contributed by atoms with Gasteiger partial charge in [0, 0.05) is 35.6 Å². The summed E-state index contributed by atoms with van der Waals surface area (Å²) in [6.07, 6.45) is 3.43. The lowest BCUT2D eigenvalue weighted by atomic mass is 9.94. The van der Waals surface area contributed by atoms with Crippen LogP contribution in [0.5, 0.6) is 5.75 Å². The Labute approximate surface area is 190 Å². The number of benzene rings is 2. The summed E-state index contributed by atoms with van der Waals surface area (Å²) in [5, 5.41) is 27.7. The van der Waals surface area contributed by atoms with Crippen LogP contribution in [0.2, 0.25) is 0 Å². The average molecular weight is 442 g/mol. The average Bonchev–Trinajstić information content (AvgIpc) is 3.30. The van der Waals surface area contributed by atoms with Crippen LogP contribution in [0.15, 0.2) is 42.6 Å². The van der Waals surface area contributed by atoms with E-state index in [-0.39, 0.29) is 17.4 Å². The monoisotopic (exact) mass is 442 g/mol. The van der Waals surface area contributed by atoms with E-state index in [1.165, 1.54) is 12.1 Å². The fraction of sp³-hybridized carbons (Fsp3) is 0.240. The zero-order chi connectivity index (χ0) is 23.1. The number of phenolic OH excluding ortho intramolecular Hbond substituents is 1. The van der Waals surface area contributed by atoms with Crippen molar-refractivity contribution in [1.82, 2.24) is 15.2 Å². The fourth-order valence-corrected chi connectivity index (χ4v) is 4.35. The van der Waals surface area contributed by atoms with E-state index in [1.54, 1.807) is 18.3 Å². The van der Waals surface area contributed by atoms with E-state index in [9.17, 15) is 9.50 Å². The van der Waals surface area contributed by atoms with E-state index in [2.05, 4.69) is 15.1 Å². The van der Waals surface area contributed by atoms with Crippen LogP contribution in [0.3, 0.4) is 0 Å². The maximum atomic E-state index is 14.6. The van der Waals surface area contributed by atoms with Gasteiger partial charge in [-0.2, -0.15) is 10.4 Å². The zero-order valence-corrected chi connectivity index (χ0v) is 18.1. The molecule has 0 aliphatic carbocycles. The summed E-state index contributed by atoms with van der Waals surface area (Å²) in [5.41, 5.74) is 10.2. The highest BCUT2D eigenvalue weighted by molar-refractivity contribution is 6.05. The number of hydrogen-bond acceptors (Lipinski definition) is 6. The number of fused-ring (bicyclic) bond motifs is 1. The van der Waals surface area contributed by atoms with Crippen molar-refractivity contribution in [3.8, 4) is 34.2 Å². The Balaban J connectivity index is 1.79. The SMILES string of the molecule is Cc1ccc(-c2c(-c3ccc(C#N)c(F)c3)nc(N3CCC(N)CC3)c3[nH]ncc23)cc1O. The van der Waals surface area contributed by atoms with Crippen molar-refractivity contribution < 1.29 is 9.50 Å². The lowest BCUT2D eigenvalue weighted by Crippen LogP contribution is -2.40. The lowest BCUT2D eigenvalue weighted by Gasteiger charge is -2.32. The molecule has 1 fully saturated rings. The van der Waals surface area contributed by atoms with Gasteiger partial charge in [-0.05, 0) is 49.1 Å². The van der Waals surface area contributed by atoms with Gasteiger partial charge in [0.25, 0.3) is 0 Å². The summed E-state index contributed by atoms with van der Waals surface area (Å²) in [5.74, 6) is 0.289. The van der Waals surface area contributed by atoms with E-state index in [0.29, 0.717) is 11.3 Å². The maximum Gasteiger partial charge on any atom is 0.155 e. The topological polar surface area (TPSA) is 115 Å². The van der Waals surface area contributed by atoms with Gasteiger partial charge in [-0.3, -0.25) is 5.10 Å². The van der Waals surface area contributed by atoms with Crippen molar-refractivity contribution in [2.24, 2.45) is 5.73 Å². The number of halogens is 1. The number of anilines is 1. The minimum Gasteiger partial charge on any atom is -0.508 e. The normalized spacial score (nSPS) is 14.5. The summed E-state index contributed by atoms with van der Waals surface area (Å²) in [6, 6.07) is 11.9. The predicted molar refractivity (Wildman–Crippen MR) is 125 cm³/mol. The third-order valence-electron chi connectivity index (χ3n) is 6.29. The third-order valence-corrected chi connectivity index (χ3v) is 6.29. The molecule has 0 unspecified atom stereocenters. The number of aromatic hydroxyl groups is 1. The Kier molecular flexibility index (Phi) is 5.19. The molecule has 0 amide bonds. The minimum atomic E-state index is -0.604. The highest BCUT2D eigenvalue weighted by atomic mass is 19.1. The standard InChI is InChI=1S/C25H23FN6O/c1-14-2-3-15(11-21(14)33)22-19-13-29-31-24(19)25(32-8-6-18(28)7-9-32)30-23(22)16-4-5-17(12-27)20(26)10-16/h2-5,10-11,13,18,33H,6-9,28H2,1H3,(H,29,31). The van der Waals surface area contributed by atoms with Crippen LogP contribution in [0, 0.1) is 24.1 Å². The number of phenols is 1. The van der Waals surface area contributed by atoms with Gasteiger partial charge < -0.3 is 15.7 Å². The molecule has 166 valence electrons. The minimum absolute atomic E-state index is 0.0251. The van der Waals surface area contributed by atoms with Gasteiger partial charge in [0.05, 0.1) is 17.5 Å². The zero-order valence-electron chi connectivity index (χ0n) is 18.1. The van der Waals surface area contributed by atoms with E-state index in [4.69, 9.17) is 16.0 Å². The molecule has 33 heavy (non-hydrogen) atoms. The quantitative estimate of drug-likeness (QED) is 0.437. The van der Waals surface area contributed by atoms with Crippen LogP contribution in [-0.4, -0.2) is 39.4 Å². The van der Waals surface area contributed by atoms with E-state index < -0.39 is 5.82 Å². The predicted octanol–water partition coefficient (Wildman–Crippen LogP) is 4.24. The molecular weight excluding hydrogens is 419 g/mol. The molecule has 5 rings (SSSR count). The number of pyridine rings is 1. The van der Waals surface area contributed by atoms with Gasteiger partial charge in [0.2, 0.25) is 0 Å². The lowest BCUT2D eigenvalue weighted by molar-refractivity contribution is 0.471. The van der Waals surface area contributed by atoms with Crippen LogP contribution in [0.4, 0.5) is 10.2 Å². The molecule has 0 radical (unpaired) electrons. The smallest absolute Gasteiger partial charge is 0.155 e. The maximum absolute atomic E-state index is 14.6. The number of H-pyrrole nitrogens is 1. The number of aromatic nitrogens is 3. The first-order valence-electron chi connectivity index (χ1n) is 10.8. The molecule has 1 aliphatic rings. The summed E-state index contributed by atoms with van der Waals surface area (Å²) < 4.78 is 14.6. The first kappa shape index (κ1) is 20.9. The molecule has 0 bridgehead atoms. The van der Waals surface area contributed by atoms with Crippen molar-refractivity contribution in [3.05, 3.63) is 59.5 Å². The molecular formula is C25H23FN6O. The molecule has 4 aromatic rings. The molecule has 1 aliphatic heterocycles. The Morgan fingerprint density at radius 2 is 1.94 bits per heavy atom. The molecule has 0 atom stereocenters. The summed E-state index contributed by atoms with van der Waals surface area (Å²) in [6.45, 7) is 3.34. The van der Waals surface area contributed by atoms with Crippen molar-refractivity contribution >= 4 is 16.7 Å².